The van der Waals surface area contributed by atoms with Crippen LogP contribution in [-0.2, 0) is 4.79 Å². The molecule has 0 saturated heterocycles. The molecule has 2 aliphatic rings. The quantitative estimate of drug-likeness (QED) is 0.715. The number of aliphatic carboxylic acids is 1. The highest BCUT2D eigenvalue weighted by atomic mass is 16.4. The largest absolute Gasteiger partial charge is 0.481 e. The molecule has 1 unspecified atom stereocenters. The summed E-state index contributed by atoms with van der Waals surface area (Å²) in [6.07, 6.45) is 8.10. The second kappa shape index (κ2) is 5.78. The molecule has 4 atom stereocenters. The SMILES string of the molecule is C=C1CC[C@H]2C(C)(C)CCC[C@]2(C)[C@H]1CCC(C)C(=O)O. The fourth-order valence-electron chi connectivity index (χ4n) is 5.35. The first-order valence-electron chi connectivity index (χ1n) is 8.59. The zero-order chi connectivity index (χ0) is 15.8. The number of fused-ring (bicyclic) bond motifs is 1. The second-order valence-corrected chi connectivity index (χ2v) is 8.47. The molecule has 2 saturated carbocycles. The van der Waals surface area contributed by atoms with Crippen LogP contribution in [0, 0.1) is 28.6 Å². The Hall–Kier alpha value is -0.790. The van der Waals surface area contributed by atoms with Gasteiger partial charge in [0.2, 0.25) is 0 Å². The lowest BCUT2D eigenvalue weighted by Crippen LogP contribution is -2.49. The summed E-state index contributed by atoms with van der Waals surface area (Å²) in [4.78, 5) is 11.1. The Morgan fingerprint density at radius 1 is 1.38 bits per heavy atom. The number of allylic oxidation sites excluding steroid dienone is 1. The molecule has 2 fully saturated rings. The van der Waals surface area contributed by atoms with Gasteiger partial charge in [0, 0.05) is 0 Å². The summed E-state index contributed by atoms with van der Waals surface area (Å²) in [5, 5.41) is 9.13. The van der Waals surface area contributed by atoms with Crippen molar-refractivity contribution in [3.8, 4) is 0 Å². The normalized spacial score (nSPS) is 36.9. The molecule has 120 valence electrons. The van der Waals surface area contributed by atoms with E-state index in [0.717, 1.165) is 25.2 Å². The van der Waals surface area contributed by atoms with Gasteiger partial charge < -0.3 is 5.11 Å². The number of rotatable bonds is 4. The standard InChI is InChI=1S/C19H32O2/c1-13-8-10-16-18(3,4)11-6-12-19(16,5)15(13)9-7-14(2)17(20)21/h14-16H,1,6-12H2,2-5H3,(H,20,21)/t14?,15-,16-,19+/m0/s1. The van der Waals surface area contributed by atoms with Gasteiger partial charge in [0.25, 0.3) is 0 Å². The lowest BCUT2D eigenvalue weighted by atomic mass is 9.47. The van der Waals surface area contributed by atoms with E-state index >= 15 is 0 Å². The molecule has 0 spiro atoms. The number of hydrogen-bond donors (Lipinski definition) is 1. The van der Waals surface area contributed by atoms with Crippen molar-refractivity contribution in [1.29, 1.82) is 0 Å². The zero-order valence-electron chi connectivity index (χ0n) is 14.2. The third-order valence-electron chi connectivity index (χ3n) is 6.63. The van der Waals surface area contributed by atoms with Crippen LogP contribution in [0.3, 0.4) is 0 Å². The predicted octanol–water partition coefficient (Wildman–Crippen LogP) is 5.29. The van der Waals surface area contributed by atoms with E-state index in [9.17, 15) is 4.79 Å². The first-order chi connectivity index (χ1) is 9.68. The van der Waals surface area contributed by atoms with Crippen LogP contribution in [0.2, 0.25) is 0 Å². The van der Waals surface area contributed by atoms with Crippen LogP contribution in [0.1, 0.15) is 72.6 Å². The zero-order valence-corrected chi connectivity index (χ0v) is 14.2. The first-order valence-corrected chi connectivity index (χ1v) is 8.59. The summed E-state index contributed by atoms with van der Waals surface area (Å²) in [7, 11) is 0. The highest BCUT2D eigenvalue weighted by molar-refractivity contribution is 5.69. The molecule has 0 aromatic carbocycles. The Labute approximate surface area is 130 Å². The monoisotopic (exact) mass is 292 g/mol. The van der Waals surface area contributed by atoms with Gasteiger partial charge in [-0.2, -0.15) is 0 Å². The van der Waals surface area contributed by atoms with E-state index in [1.54, 1.807) is 0 Å². The molecule has 2 aliphatic carbocycles. The minimum Gasteiger partial charge on any atom is -0.481 e. The lowest BCUT2D eigenvalue weighted by molar-refractivity contribution is -0.141. The molecular formula is C19H32O2. The van der Waals surface area contributed by atoms with E-state index in [0.29, 0.717) is 16.7 Å². The minimum absolute atomic E-state index is 0.238. The maximum absolute atomic E-state index is 11.1. The molecule has 0 amide bonds. The van der Waals surface area contributed by atoms with Crippen LogP contribution in [-0.4, -0.2) is 11.1 Å². The number of carbonyl (C=O) groups is 1. The van der Waals surface area contributed by atoms with Crippen molar-refractivity contribution in [2.45, 2.75) is 72.6 Å². The first kappa shape index (κ1) is 16.6. The third-order valence-corrected chi connectivity index (χ3v) is 6.63. The Bertz CT molecular complexity index is 423. The molecular weight excluding hydrogens is 260 g/mol. The Kier molecular flexibility index (Phi) is 4.56. The molecule has 0 aliphatic heterocycles. The average molecular weight is 292 g/mol. The van der Waals surface area contributed by atoms with Gasteiger partial charge in [-0.25, -0.2) is 0 Å². The Balaban J connectivity index is 2.17. The summed E-state index contributed by atoms with van der Waals surface area (Å²) < 4.78 is 0. The van der Waals surface area contributed by atoms with Crippen molar-refractivity contribution in [2.24, 2.45) is 28.6 Å². The predicted molar refractivity (Wildman–Crippen MR) is 87.1 cm³/mol. The molecule has 0 radical (unpaired) electrons. The van der Waals surface area contributed by atoms with Crippen LogP contribution < -0.4 is 0 Å². The lowest BCUT2D eigenvalue weighted by Gasteiger charge is -2.58. The Morgan fingerprint density at radius 3 is 2.67 bits per heavy atom. The number of carboxylic acid groups (broad SMARTS) is 1. The summed E-state index contributed by atoms with van der Waals surface area (Å²) >= 11 is 0. The molecule has 2 nitrogen and oxygen atoms in total. The highest BCUT2D eigenvalue weighted by Gasteiger charge is 2.52. The van der Waals surface area contributed by atoms with Gasteiger partial charge in [0.15, 0.2) is 0 Å². The molecule has 0 heterocycles. The molecule has 0 aromatic heterocycles. The van der Waals surface area contributed by atoms with Gasteiger partial charge in [-0.15, -0.1) is 0 Å². The molecule has 0 bridgehead atoms. The molecule has 0 aromatic rings. The number of hydrogen-bond acceptors (Lipinski definition) is 1. The van der Waals surface area contributed by atoms with Gasteiger partial charge in [-0.05, 0) is 61.2 Å². The fourth-order valence-corrected chi connectivity index (χ4v) is 5.35. The van der Waals surface area contributed by atoms with Crippen LogP contribution in [0.4, 0.5) is 0 Å². The van der Waals surface area contributed by atoms with Gasteiger partial charge >= 0.3 is 5.97 Å². The van der Waals surface area contributed by atoms with Crippen LogP contribution in [0.5, 0.6) is 0 Å². The molecule has 21 heavy (non-hydrogen) atoms. The van der Waals surface area contributed by atoms with E-state index < -0.39 is 5.97 Å². The fraction of sp³-hybridized carbons (Fsp3) is 0.842. The topological polar surface area (TPSA) is 37.3 Å². The van der Waals surface area contributed by atoms with E-state index in [1.807, 2.05) is 6.92 Å². The second-order valence-electron chi connectivity index (χ2n) is 8.47. The summed E-state index contributed by atoms with van der Waals surface area (Å²) in [5.74, 6) is 0.368. The van der Waals surface area contributed by atoms with Gasteiger partial charge in [-0.1, -0.05) is 46.3 Å². The smallest absolute Gasteiger partial charge is 0.306 e. The highest BCUT2D eigenvalue weighted by Crippen LogP contribution is 2.61. The molecule has 1 N–H and O–H groups in total. The van der Waals surface area contributed by atoms with Crippen molar-refractivity contribution < 1.29 is 9.90 Å². The molecule has 2 heteroatoms. The minimum atomic E-state index is -0.665. The average Bonchev–Trinajstić information content (AvgIpc) is 2.36. The van der Waals surface area contributed by atoms with E-state index in [4.69, 9.17) is 5.11 Å². The molecule has 2 rings (SSSR count). The van der Waals surface area contributed by atoms with Crippen molar-refractivity contribution in [2.75, 3.05) is 0 Å². The van der Waals surface area contributed by atoms with Crippen molar-refractivity contribution in [3.05, 3.63) is 12.2 Å². The maximum atomic E-state index is 11.1. The number of carboxylic acids is 1. The third kappa shape index (κ3) is 3.05. The van der Waals surface area contributed by atoms with Crippen LogP contribution >= 0.6 is 0 Å². The van der Waals surface area contributed by atoms with Gasteiger partial charge in [-0.3, -0.25) is 4.79 Å². The summed E-state index contributed by atoms with van der Waals surface area (Å²) in [6.45, 7) is 13.5. The van der Waals surface area contributed by atoms with Crippen molar-refractivity contribution in [3.63, 3.8) is 0 Å². The van der Waals surface area contributed by atoms with E-state index in [2.05, 4.69) is 27.4 Å². The summed E-state index contributed by atoms with van der Waals surface area (Å²) in [6, 6.07) is 0. The summed E-state index contributed by atoms with van der Waals surface area (Å²) in [5.41, 5.74) is 2.13. The Morgan fingerprint density at radius 2 is 2.05 bits per heavy atom. The van der Waals surface area contributed by atoms with Gasteiger partial charge in [0.1, 0.15) is 0 Å². The van der Waals surface area contributed by atoms with Crippen LogP contribution in [0.15, 0.2) is 12.2 Å². The maximum Gasteiger partial charge on any atom is 0.306 e. The van der Waals surface area contributed by atoms with Gasteiger partial charge in [0.05, 0.1) is 5.92 Å². The van der Waals surface area contributed by atoms with Crippen molar-refractivity contribution in [1.82, 2.24) is 0 Å². The van der Waals surface area contributed by atoms with Crippen LogP contribution in [0.25, 0.3) is 0 Å². The van der Waals surface area contributed by atoms with E-state index in [-0.39, 0.29) is 5.92 Å². The van der Waals surface area contributed by atoms with Crippen molar-refractivity contribution >= 4 is 5.97 Å². The van der Waals surface area contributed by atoms with E-state index in [1.165, 1.54) is 31.3 Å².